The molecule has 1 N–H and O–H groups in total. The minimum absolute atomic E-state index is 0.110. The van der Waals surface area contributed by atoms with E-state index in [0.29, 0.717) is 5.65 Å². The van der Waals surface area contributed by atoms with Crippen molar-refractivity contribution in [1.29, 1.82) is 0 Å². The fraction of sp³-hybridized carbons (Fsp3) is 0.400. The minimum Gasteiger partial charge on any atom is -0.349 e. The van der Waals surface area contributed by atoms with E-state index in [0.717, 1.165) is 25.7 Å². The maximum absolute atomic E-state index is 12.3. The van der Waals surface area contributed by atoms with Gasteiger partial charge in [0.25, 0.3) is 11.5 Å². The van der Waals surface area contributed by atoms with E-state index in [9.17, 15) is 9.59 Å². The molecule has 0 aliphatic heterocycles. The van der Waals surface area contributed by atoms with Crippen molar-refractivity contribution in [2.45, 2.75) is 38.1 Å². The van der Waals surface area contributed by atoms with Crippen LogP contribution in [0, 0.1) is 0 Å². The van der Waals surface area contributed by atoms with Gasteiger partial charge in [-0.2, -0.15) is 0 Å². The molecule has 1 aliphatic rings. The van der Waals surface area contributed by atoms with Crippen molar-refractivity contribution in [2.75, 3.05) is 0 Å². The number of carbonyl (C=O) groups is 1. The summed E-state index contributed by atoms with van der Waals surface area (Å²) >= 11 is 0. The third-order valence-electron chi connectivity index (χ3n) is 3.80. The van der Waals surface area contributed by atoms with Gasteiger partial charge >= 0.3 is 0 Å². The molecule has 0 aromatic carbocycles. The molecule has 20 heavy (non-hydrogen) atoms. The monoisotopic (exact) mass is 271 g/mol. The summed E-state index contributed by atoms with van der Waals surface area (Å²) in [4.78, 5) is 28.6. The molecule has 3 rings (SSSR count). The molecule has 5 heteroatoms. The van der Waals surface area contributed by atoms with Crippen molar-refractivity contribution in [2.24, 2.45) is 0 Å². The molecule has 2 heterocycles. The molecule has 0 bridgehead atoms. The lowest BCUT2D eigenvalue weighted by molar-refractivity contribution is 0.0925. The number of amides is 1. The van der Waals surface area contributed by atoms with Gasteiger partial charge in [0.05, 0.1) is 0 Å². The topological polar surface area (TPSA) is 63.5 Å². The highest BCUT2D eigenvalue weighted by Crippen LogP contribution is 2.17. The molecule has 0 saturated heterocycles. The summed E-state index contributed by atoms with van der Waals surface area (Å²) in [6.07, 6.45) is 8.49. The van der Waals surface area contributed by atoms with Gasteiger partial charge in [-0.15, -0.1) is 0 Å². The minimum atomic E-state index is -0.316. The van der Waals surface area contributed by atoms with E-state index in [1.807, 2.05) is 6.07 Å². The highest BCUT2D eigenvalue weighted by atomic mass is 16.2. The second-order valence-electron chi connectivity index (χ2n) is 5.21. The molecule has 1 aliphatic carbocycles. The number of aromatic nitrogens is 2. The van der Waals surface area contributed by atoms with Crippen LogP contribution in [0.5, 0.6) is 0 Å². The van der Waals surface area contributed by atoms with Crippen molar-refractivity contribution < 1.29 is 4.79 Å². The van der Waals surface area contributed by atoms with Crippen LogP contribution in [-0.2, 0) is 0 Å². The fourth-order valence-corrected chi connectivity index (χ4v) is 2.69. The van der Waals surface area contributed by atoms with Gasteiger partial charge in [0, 0.05) is 18.4 Å². The summed E-state index contributed by atoms with van der Waals surface area (Å²) in [6, 6.07) is 5.49. The van der Waals surface area contributed by atoms with Crippen molar-refractivity contribution >= 4 is 11.6 Å². The summed E-state index contributed by atoms with van der Waals surface area (Å²) in [5.74, 6) is -0.312. The lowest BCUT2D eigenvalue weighted by Crippen LogP contribution is -2.39. The first-order valence-corrected chi connectivity index (χ1v) is 7.03. The van der Waals surface area contributed by atoms with Gasteiger partial charge in [-0.25, -0.2) is 4.98 Å². The summed E-state index contributed by atoms with van der Waals surface area (Å²) in [7, 11) is 0. The Hall–Kier alpha value is -2.17. The Balaban J connectivity index is 1.87. The maximum atomic E-state index is 12.3. The van der Waals surface area contributed by atoms with Crippen molar-refractivity contribution in [3.63, 3.8) is 0 Å². The zero-order valence-electron chi connectivity index (χ0n) is 11.2. The average molecular weight is 271 g/mol. The smallest absolute Gasteiger partial charge is 0.270 e. The third kappa shape index (κ3) is 2.43. The lowest BCUT2D eigenvalue weighted by atomic mass is 9.95. The molecule has 5 nitrogen and oxygen atoms in total. The van der Waals surface area contributed by atoms with Crippen LogP contribution < -0.4 is 10.9 Å². The molecule has 104 valence electrons. The largest absolute Gasteiger partial charge is 0.349 e. The predicted octanol–water partition coefficient (Wildman–Crippen LogP) is 1.76. The van der Waals surface area contributed by atoms with E-state index in [4.69, 9.17) is 0 Å². The number of rotatable bonds is 2. The summed E-state index contributed by atoms with van der Waals surface area (Å²) in [6.45, 7) is 0. The molecule has 2 aromatic heterocycles. The van der Waals surface area contributed by atoms with Crippen LogP contribution in [0.25, 0.3) is 5.65 Å². The summed E-state index contributed by atoms with van der Waals surface area (Å²) < 4.78 is 1.40. The second kappa shape index (κ2) is 5.45. The van der Waals surface area contributed by atoms with Crippen LogP contribution in [0.4, 0.5) is 0 Å². The van der Waals surface area contributed by atoms with Crippen LogP contribution in [0.3, 0.4) is 0 Å². The van der Waals surface area contributed by atoms with Gasteiger partial charge in [0.2, 0.25) is 0 Å². The first kappa shape index (κ1) is 12.8. The molecular weight excluding hydrogens is 254 g/mol. The third-order valence-corrected chi connectivity index (χ3v) is 3.80. The highest BCUT2D eigenvalue weighted by molar-refractivity contribution is 5.93. The van der Waals surface area contributed by atoms with Gasteiger partial charge in [0.1, 0.15) is 11.2 Å². The normalized spacial score (nSPS) is 16.2. The lowest BCUT2D eigenvalue weighted by Gasteiger charge is -2.22. The zero-order chi connectivity index (χ0) is 13.9. The standard InChI is InChI=1S/C15H17N3O2/c19-14(17-11-6-2-1-3-7-11)12-10-16-13-8-4-5-9-18(13)15(12)20/h4-5,8-11H,1-3,6-7H2,(H,17,19). The molecule has 1 amide bonds. The predicted molar refractivity (Wildman–Crippen MR) is 75.8 cm³/mol. The van der Waals surface area contributed by atoms with E-state index in [1.165, 1.54) is 17.0 Å². The van der Waals surface area contributed by atoms with E-state index in [1.54, 1.807) is 18.3 Å². The molecule has 1 saturated carbocycles. The SMILES string of the molecule is O=C(NC1CCCCC1)c1cnc2ccccn2c1=O. The molecule has 2 aromatic rings. The van der Waals surface area contributed by atoms with Crippen LogP contribution in [0.2, 0.25) is 0 Å². The quantitative estimate of drug-likeness (QED) is 0.905. The number of pyridine rings is 1. The molecule has 1 fully saturated rings. The van der Waals surface area contributed by atoms with Crippen molar-refractivity contribution in [1.82, 2.24) is 14.7 Å². The number of hydrogen-bond acceptors (Lipinski definition) is 3. The number of hydrogen-bond donors (Lipinski definition) is 1. The van der Waals surface area contributed by atoms with Gasteiger partial charge < -0.3 is 5.32 Å². The maximum Gasteiger partial charge on any atom is 0.270 e. The van der Waals surface area contributed by atoms with Crippen LogP contribution in [-0.4, -0.2) is 21.3 Å². The van der Waals surface area contributed by atoms with Crippen molar-refractivity contribution in [3.8, 4) is 0 Å². The van der Waals surface area contributed by atoms with Gasteiger partial charge in [-0.05, 0) is 25.0 Å². The Morgan fingerprint density at radius 3 is 2.85 bits per heavy atom. The molecular formula is C15H17N3O2. The van der Waals surface area contributed by atoms with E-state index in [-0.39, 0.29) is 23.1 Å². The molecule has 0 atom stereocenters. The Kier molecular flexibility index (Phi) is 3.50. The number of carbonyl (C=O) groups excluding carboxylic acids is 1. The number of fused-ring (bicyclic) bond motifs is 1. The number of nitrogens with one attached hydrogen (secondary N) is 1. The summed E-state index contributed by atoms with van der Waals surface area (Å²) in [5, 5.41) is 2.95. The van der Waals surface area contributed by atoms with E-state index in [2.05, 4.69) is 10.3 Å². The second-order valence-corrected chi connectivity index (χ2v) is 5.21. The Morgan fingerprint density at radius 1 is 1.25 bits per heavy atom. The van der Waals surface area contributed by atoms with Crippen LogP contribution >= 0.6 is 0 Å². The Labute approximate surface area is 116 Å². The van der Waals surface area contributed by atoms with Crippen molar-refractivity contribution in [3.05, 3.63) is 46.5 Å². The molecule has 0 unspecified atom stereocenters. The van der Waals surface area contributed by atoms with Gasteiger partial charge in [-0.1, -0.05) is 25.3 Å². The Morgan fingerprint density at radius 2 is 2.05 bits per heavy atom. The van der Waals surface area contributed by atoms with Gasteiger partial charge in [-0.3, -0.25) is 14.0 Å². The van der Waals surface area contributed by atoms with Crippen LogP contribution in [0.15, 0.2) is 35.4 Å². The first-order valence-electron chi connectivity index (χ1n) is 7.03. The zero-order valence-corrected chi connectivity index (χ0v) is 11.2. The number of nitrogens with zero attached hydrogens (tertiary/aromatic N) is 2. The molecule has 0 radical (unpaired) electrons. The first-order chi connectivity index (χ1) is 9.75. The summed E-state index contributed by atoms with van der Waals surface area (Å²) in [5.41, 5.74) is 0.342. The molecule has 0 spiro atoms. The highest BCUT2D eigenvalue weighted by Gasteiger charge is 2.19. The Bertz CT molecular complexity index is 687. The van der Waals surface area contributed by atoms with E-state index < -0.39 is 0 Å². The van der Waals surface area contributed by atoms with Crippen LogP contribution in [0.1, 0.15) is 42.5 Å². The van der Waals surface area contributed by atoms with E-state index >= 15 is 0 Å². The van der Waals surface area contributed by atoms with Gasteiger partial charge in [0.15, 0.2) is 0 Å². The average Bonchev–Trinajstić information content (AvgIpc) is 2.49. The fourth-order valence-electron chi connectivity index (χ4n) is 2.69.